The van der Waals surface area contributed by atoms with E-state index in [0.29, 0.717) is 18.2 Å². The molecule has 0 bridgehead atoms. The number of fused-ring (bicyclic) bond motifs is 1. The molecule has 0 saturated heterocycles. The molecular formula is C21H20ClN3O3S. The minimum absolute atomic E-state index is 0.140. The van der Waals surface area contributed by atoms with Crippen molar-refractivity contribution in [1.82, 2.24) is 4.98 Å². The van der Waals surface area contributed by atoms with E-state index in [2.05, 4.69) is 9.88 Å². The minimum Gasteiger partial charge on any atom is -0.488 e. The van der Waals surface area contributed by atoms with Crippen molar-refractivity contribution in [3.05, 3.63) is 82.6 Å². The number of halogens is 1. The first-order valence-corrected chi connectivity index (χ1v) is 11.0. The van der Waals surface area contributed by atoms with Crippen molar-refractivity contribution in [2.45, 2.75) is 24.5 Å². The first-order chi connectivity index (χ1) is 13.9. The van der Waals surface area contributed by atoms with E-state index < -0.39 is 10.0 Å². The molecule has 1 aliphatic heterocycles. The zero-order valence-corrected chi connectivity index (χ0v) is 17.2. The van der Waals surface area contributed by atoms with Crippen LogP contribution in [0.4, 0.5) is 5.69 Å². The SMILES string of the molecule is NS(=O)(=O)c1ccc2c(c1)CCN2Cc1cc(Cl)ccc1OCc1cccnc1. The smallest absolute Gasteiger partial charge is 0.238 e. The molecule has 4 rings (SSSR count). The Morgan fingerprint density at radius 2 is 2.03 bits per heavy atom. The molecular weight excluding hydrogens is 410 g/mol. The lowest BCUT2D eigenvalue weighted by atomic mass is 10.1. The van der Waals surface area contributed by atoms with Crippen LogP contribution in [0.15, 0.2) is 65.8 Å². The van der Waals surface area contributed by atoms with Crippen molar-refractivity contribution in [3.8, 4) is 5.75 Å². The van der Waals surface area contributed by atoms with Crippen LogP contribution in [-0.2, 0) is 29.6 Å². The summed E-state index contributed by atoms with van der Waals surface area (Å²) < 4.78 is 29.2. The molecule has 2 aromatic carbocycles. The highest BCUT2D eigenvalue weighted by molar-refractivity contribution is 7.89. The van der Waals surface area contributed by atoms with E-state index in [4.69, 9.17) is 21.5 Å². The largest absolute Gasteiger partial charge is 0.488 e. The van der Waals surface area contributed by atoms with Crippen molar-refractivity contribution in [2.24, 2.45) is 5.14 Å². The van der Waals surface area contributed by atoms with Gasteiger partial charge < -0.3 is 9.64 Å². The number of anilines is 1. The molecule has 1 aromatic heterocycles. The van der Waals surface area contributed by atoms with Crippen molar-refractivity contribution >= 4 is 27.3 Å². The number of nitrogens with zero attached hydrogens (tertiary/aromatic N) is 2. The summed E-state index contributed by atoms with van der Waals surface area (Å²) in [5.74, 6) is 0.757. The maximum Gasteiger partial charge on any atom is 0.238 e. The average Bonchev–Trinajstić information content (AvgIpc) is 3.10. The fraction of sp³-hybridized carbons (Fsp3) is 0.190. The molecule has 3 aromatic rings. The van der Waals surface area contributed by atoms with Crippen molar-refractivity contribution in [1.29, 1.82) is 0 Å². The van der Waals surface area contributed by atoms with E-state index in [-0.39, 0.29) is 4.90 Å². The second kappa shape index (κ2) is 8.02. The molecule has 1 aliphatic rings. The number of pyridine rings is 1. The molecule has 150 valence electrons. The molecule has 6 nitrogen and oxygen atoms in total. The Balaban J connectivity index is 1.55. The second-order valence-electron chi connectivity index (χ2n) is 6.91. The predicted molar refractivity (Wildman–Crippen MR) is 113 cm³/mol. The summed E-state index contributed by atoms with van der Waals surface area (Å²) in [6.07, 6.45) is 4.25. The van der Waals surface area contributed by atoms with Gasteiger partial charge in [-0.1, -0.05) is 17.7 Å². The number of aromatic nitrogens is 1. The fourth-order valence-corrected chi connectivity index (χ4v) is 4.21. The van der Waals surface area contributed by atoms with E-state index in [1.165, 1.54) is 0 Å². The summed E-state index contributed by atoms with van der Waals surface area (Å²) in [5.41, 5.74) is 3.91. The van der Waals surface area contributed by atoms with Crippen LogP contribution in [0.25, 0.3) is 0 Å². The molecule has 0 fully saturated rings. The number of sulfonamides is 1. The fourth-order valence-electron chi connectivity index (χ4n) is 3.45. The van der Waals surface area contributed by atoms with Crippen LogP contribution in [0.1, 0.15) is 16.7 Å². The van der Waals surface area contributed by atoms with Crippen LogP contribution in [0.5, 0.6) is 5.75 Å². The molecule has 2 N–H and O–H groups in total. The summed E-state index contributed by atoms with van der Waals surface area (Å²) in [6.45, 7) is 1.79. The monoisotopic (exact) mass is 429 g/mol. The zero-order chi connectivity index (χ0) is 20.4. The van der Waals surface area contributed by atoms with Crippen LogP contribution in [-0.4, -0.2) is 19.9 Å². The Morgan fingerprint density at radius 3 is 2.79 bits per heavy atom. The van der Waals surface area contributed by atoms with E-state index in [1.807, 2.05) is 30.3 Å². The number of hydrogen-bond donors (Lipinski definition) is 1. The Hall–Kier alpha value is -2.61. The highest BCUT2D eigenvalue weighted by Crippen LogP contribution is 2.33. The van der Waals surface area contributed by atoms with Gasteiger partial charge in [-0.3, -0.25) is 4.98 Å². The second-order valence-corrected chi connectivity index (χ2v) is 8.91. The number of primary sulfonamides is 1. The van der Waals surface area contributed by atoms with Gasteiger partial charge in [-0.2, -0.15) is 0 Å². The van der Waals surface area contributed by atoms with Gasteiger partial charge in [-0.15, -0.1) is 0 Å². The van der Waals surface area contributed by atoms with Crippen LogP contribution in [0, 0.1) is 0 Å². The molecule has 0 saturated carbocycles. The number of rotatable bonds is 6. The normalized spacial score (nSPS) is 13.4. The molecule has 0 atom stereocenters. The van der Waals surface area contributed by atoms with Crippen molar-refractivity contribution in [2.75, 3.05) is 11.4 Å². The topological polar surface area (TPSA) is 85.5 Å². The first-order valence-electron chi connectivity index (χ1n) is 9.11. The summed E-state index contributed by atoms with van der Waals surface area (Å²) in [6, 6.07) is 14.4. The number of hydrogen-bond acceptors (Lipinski definition) is 5. The van der Waals surface area contributed by atoms with Gasteiger partial charge in [0.05, 0.1) is 4.90 Å². The number of benzene rings is 2. The lowest BCUT2D eigenvalue weighted by Gasteiger charge is -2.22. The summed E-state index contributed by atoms with van der Waals surface area (Å²) >= 11 is 6.23. The van der Waals surface area contributed by atoms with E-state index in [9.17, 15) is 8.42 Å². The maximum atomic E-state index is 11.6. The van der Waals surface area contributed by atoms with E-state index in [0.717, 1.165) is 41.1 Å². The third kappa shape index (κ3) is 4.53. The standard InChI is InChI=1S/C21H20ClN3O3S/c22-18-3-6-21(28-14-15-2-1-8-24-12-15)17(10-18)13-25-9-7-16-11-19(29(23,26)27)4-5-20(16)25/h1-6,8,10-12H,7,9,13-14H2,(H2,23,26,27). The predicted octanol–water partition coefficient (Wildman–Crippen LogP) is 3.52. The van der Waals surface area contributed by atoms with Gasteiger partial charge in [0.25, 0.3) is 0 Å². The van der Waals surface area contributed by atoms with Crippen LogP contribution in [0.3, 0.4) is 0 Å². The van der Waals surface area contributed by atoms with Crippen molar-refractivity contribution < 1.29 is 13.2 Å². The molecule has 0 amide bonds. The summed E-state index contributed by atoms with van der Waals surface area (Å²) in [7, 11) is -3.71. The van der Waals surface area contributed by atoms with Gasteiger partial charge in [0.1, 0.15) is 12.4 Å². The van der Waals surface area contributed by atoms with Gasteiger partial charge in [-0.05, 0) is 54.4 Å². The molecule has 8 heteroatoms. The Morgan fingerprint density at radius 1 is 1.17 bits per heavy atom. The highest BCUT2D eigenvalue weighted by Gasteiger charge is 2.22. The molecule has 2 heterocycles. The highest BCUT2D eigenvalue weighted by atomic mass is 35.5. The number of ether oxygens (including phenoxy) is 1. The Bertz CT molecular complexity index is 1140. The third-order valence-corrected chi connectivity index (χ3v) is 6.02. The van der Waals surface area contributed by atoms with Crippen LogP contribution < -0.4 is 14.8 Å². The number of nitrogens with two attached hydrogens (primary N) is 1. The van der Waals surface area contributed by atoms with Crippen LogP contribution in [0.2, 0.25) is 5.02 Å². The van der Waals surface area contributed by atoms with Gasteiger partial charge in [0, 0.05) is 47.3 Å². The zero-order valence-electron chi connectivity index (χ0n) is 15.6. The lowest BCUT2D eigenvalue weighted by molar-refractivity contribution is 0.302. The molecule has 0 spiro atoms. The first kappa shape index (κ1) is 19.7. The van der Waals surface area contributed by atoms with E-state index in [1.54, 1.807) is 30.6 Å². The van der Waals surface area contributed by atoms with E-state index >= 15 is 0 Å². The van der Waals surface area contributed by atoms with Crippen LogP contribution >= 0.6 is 11.6 Å². The maximum absolute atomic E-state index is 11.6. The lowest BCUT2D eigenvalue weighted by Crippen LogP contribution is -2.20. The minimum atomic E-state index is -3.71. The van der Waals surface area contributed by atoms with Gasteiger partial charge in [0.2, 0.25) is 10.0 Å². The molecule has 0 radical (unpaired) electrons. The molecule has 29 heavy (non-hydrogen) atoms. The third-order valence-electron chi connectivity index (χ3n) is 4.87. The Kier molecular flexibility index (Phi) is 5.45. The molecule has 0 unspecified atom stereocenters. The van der Waals surface area contributed by atoms with Gasteiger partial charge in [-0.25, -0.2) is 13.6 Å². The Labute approximate surface area is 174 Å². The summed E-state index contributed by atoms with van der Waals surface area (Å²) in [4.78, 5) is 6.43. The molecule has 0 aliphatic carbocycles. The quantitative estimate of drug-likeness (QED) is 0.647. The van der Waals surface area contributed by atoms with Gasteiger partial charge >= 0.3 is 0 Å². The average molecular weight is 430 g/mol. The summed E-state index contributed by atoms with van der Waals surface area (Å²) in [5, 5.41) is 5.89. The van der Waals surface area contributed by atoms with Crippen molar-refractivity contribution in [3.63, 3.8) is 0 Å². The van der Waals surface area contributed by atoms with Gasteiger partial charge in [0.15, 0.2) is 0 Å².